The fraction of sp³-hybridized carbons (Fsp3) is 0.176. The van der Waals surface area contributed by atoms with Gasteiger partial charge in [0.05, 0.1) is 28.8 Å². The summed E-state index contributed by atoms with van der Waals surface area (Å²) in [5.74, 6) is -1.83. The standard InChI is InChI=1S/C17H13BrClF3N2O3S/c18-12-4-14(22)15(5-13(12)21)23-28(26,27)17-7-24(6-10(20)8-25)16-3-9(19)1-2-11(16)17/h1-5,7,10,23,25H,6,8H2. The molecule has 1 atom stereocenters. The van der Waals surface area contributed by atoms with Gasteiger partial charge in [0, 0.05) is 22.7 Å². The molecule has 3 rings (SSSR count). The number of aliphatic hydroxyl groups is 1. The highest BCUT2D eigenvalue weighted by molar-refractivity contribution is 9.10. The first-order valence-corrected chi connectivity index (χ1v) is 10.5. The molecule has 0 radical (unpaired) electrons. The van der Waals surface area contributed by atoms with Crippen LogP contribution in [0.5, 0.6) is 0 Å². The number of hydrogen-bond donors (Lipinski definition) is 2. The molecule has 0 aliphatic carbocycles. The molecule has 2 N–H and O–H groups in total. The Morgan fingerprint density at radius 3 is 2.61 bits per heavy atom. The molecule has 0 aliphatic heterocycles. The molecule has 0 aliphatic rings. The van der Waals surface area contributed by atoms with Gasteiger partial charge in [0.25, 0.3) is 10.0 Å². The molecule has 1 unspecified atom stereocenters. The van der Waals surface area contributed by atoms with E-state index in [4.69, 9.17) is 16.7 Å². The van der Waals surface area contributed by atoms with Gasteiger partial charge in [0.2, 0.25) is 0 Å². The second-order valence-electron chi connectivity index (χ2n) is 5.94. The highest BCUT2D eigenvalue weighted by Crippen LogP contribution is 2.31. The van der Waals surface area contributed by atoms with Gasteiger partial charge in [-0.25, -0.2) is 21.6 Å². The Bertz CT molecular complexity index is 1150. The minimum Gasteiger partial charge on any atom is -0.393 e. The molecule has 2 aromatic carbocycles. The fourth-order valence-electron chi connectivity index (χ4n) is 2.67. The number of aromatic nitrogens is 1. The van der Waals surface area contributed by atoms with E-state index < -0.39 is 40.1 Å². The molecule has 150 valence electrons. The van der Waals surface area contributed by atoms with Crippen LogP contribution in [0.25, 0.3) is 10.9 Å². The van der Waals surface area contributed by atoms with Crippen LogP contribution in [0.4, 0.5) is 18.9 Å². The first kappa shape index (κ1) is 21.0. The Kier molecular flexibility index (Phi) is 5.95. The summed E-state index contributed by atoms with van der Waals surface area (Å²) in [4.78, 5) is -0.271. The summed E-state index contributed by atoms with van der Waals surface area (Å²) in [6.45, 7) is -1.06. The lowest BCUT2D eigenvalue weighted by Crippen LogP contribution is -2.16. The molecule has 5 nitrogen and oxygen atoms in total. The van der Waals surface area contributed by atoms with Crippen molar-refractivity contribution in [3.05, 3.63) is 57.7 Å². The Balaban J connectivity index is 2.10. The van der Waals surface area contributed by atoms with Gasteiger partial charge >= 0.3 is 0 Å². The Hall–Kier alpha value is -1.75. The van der Waals surface area contributed by atoms with Crippen LogP contribution >= 0.6 is 27.5 Å². The lowest BCUT2D eigenvalue weighted by Gasteiger charge is -2.09. The zero-order chi connectivity index (χ0) is 20.6. The molecule has 0 amide bonds. The predicted molar refractivity (Wildman–Crippen MR) is 104 cm³/mol. The average molecular weight is 498 g/mol. The number of nitrogens with zero attached hydrogens (tertiary/aromatic N) is 1. The predicted octanol–water partition coefficient (Wildman–Crippen LogP) is 4.47. The Morgan fingerprint density at radius 1 is 1.21 bits per heavy atom. The number of benzene rings is 2. The lowest BCUT2D eigenvalue weighted by atomic mass is 10.2. The van der Waals surface area contributed by atoms with Crippen LogP contribution in [-0.2, 0) is 16.6 Å². The van der Waals surface area contributed by atoms with Gasteiger partial charge in [-0.15, -0.1) is 0 Å². The van der Waals surface area contributed by atoms with E-state index in [1.165, 1.54) is 22.8 Å². The van der Waals surface area contributed by atoms with Crippen molar-refractivity contribution in [2.75, 3.05) is 11.3 Å². The van der Waals surface area contributed by atoms with Crippen LogP contribution in [-0.4, -0.2) is 30.9 Å². The molecule has 1 aromatic heterocycles. The Morgan fingerprint density at radius 2 is 1.93 bits per heavy atom. The van der Waals surface area contributed by atoms with E-state index in [1.807, 2.05) is 4.72 Å². The van der Waals surface area contributed by atoms with Gasteiger partial charge in [-0.1, -0.05) is 11.6 Å². The van der Waals surface area contributed by atoms with Gasteiger partial charge in [-0.05, 0) is 40.2 Å². The van der Waals surface area contributed by atoms with Crippen molar-refractivity contribution in [3.8, 4) is 0 Å². The van der Waals surface area contributed by atoms with Crippen LogP contribution in [0.1, 0.15) is 0 Å². The largest absolute Gasteiger partial charge is 0.393 e. The van der Waals surface area contributed by atoms with E-state index in [2.05, 4.69) is 15.9 Å². The normalized spacial score (nSPS) is 13.1. The molecule has 0 bridgehead atoms. The van der Waals surface area contributed by atoms with Crippen molar-refractivity contribution in [2.24, 2.45) is 0 Å². The number of fused-ring (bicyclic) bond motifs is 1. The molecule has 0 saturated carbocycles. The van der Waals surface area contributed by atoms with Gasteiger partial charge < -0.3 is 9.67 Å². The maximum absolute atomic E-state index is 14.0. The second-order valence-corrected chi connectivity index (χ2v) is 8.88. The molecule has 28 heavy (non-hydrogen) atoms. The first-order valence-electron chi connectivity index (χ1n) is 7.83. The second kappa shape index (κ2) is 7.94. The number of rotatable bonds is 6. The quantitative estimate of drug-likeness (QED) is 0.494. The van der Waals surface area contributed by atoms with E-state index in [1.54, 1.807) is 0 Å². The molecule has 11 heteroatoms. The Labute approximate surface area is 171 Å². The van der Waals surface area contributed by atoms with Crippen LogP contribution in [0.2, 0.25) is 5.02 Å². The van der Waals surface area contributed by atoms with Gasteiger partial charge in [-0.3, -0.25) is 4.72 Å². The summed E-state index contributed by atoms with van der Waals surface area (Å²) in [7, 11) is -4.35. The average Bonchev–Trinajstić information content (AvgIpc) is 2.98. The molecule has 3 aromatic rings. The summed E-state index contributed by atoms with van der Waals surface area (Å²) in [5, 5.41) is 9.44. The molecule has 0 spiro atoms. The lowest BCUT2D eigenvalue weighted by molar-refractivity contribution is 0.163. The zero-order valence-electron chi connectivity index (χ0n) is 14.0. The van der Waals surface area contributed by atoms with E-state index >= 15 is 0 Å². The molecule has 1 heterocycles. The van der Waals surface area contributed by atoms with Crippen molar-refractivity contribution in [2.45, 2.75) is 17.6 Å². The highest BCUT2D eigenvalue weighted by Gasteiger charge is 2.24. The van der Waals surface area contributed by atoms with Crippen LogP contribution < -0.4 is 4.72 Å². The number of anilines is 1. The molecular formula is C17H13BrClF3N2O3S. The summed E-state index contributed by atoms with van der Waals surface area (Å²) in [6.07, 6.45) is -0.477. The van der Waals surface area contributed by atoms with Crippen molar-refractivity contribution < 1.29 is 26.7 Å². The maximum atomic E-state index is 14.0. The fourth-order valence-corrected chi connectivity index (χ4v) is 4.43. The third-order valence-corrected chi connectivity index (χ3v) is 6.18. The van der Waals surface area contributed by atoms with E-state index in [-0.39, 0.29) is 21.3 Å². The number of aliphatic hydroxyl groups excluding tert-OH is 1. The van der Waals surface area contributed by atoms with Crippen molar-refractivity contribution in [1.82, 2.24) is 4.57 Å². The van der Waals surface area contributed by atoms with Crippen molar-refractivity contribution in [3.63, 3.8) is 0 Å². The van der Waals surface area contributed by atoms with Gasteiger partial charge in [0.15, 0.2) is 0 Å². The number of hydrogen-bond acceptors (Lipinski definition) is 3. The number of nitrogens with one attached hydrogen (secondary N) is 1. The number of alkyl halides is 1. The molecule has 0 fully saturated rings. The summed E-state index contributed by atoms with van der Waals surface area (Å²) in [5.41, 5.74) is -0.263. The molecular weight excluding hydrogens is 485 g/mol. The van der Waals surface area contributed by atoms with Crippen molar-refractivity contribution in [1.29, 1.82) is 0 Å². The topological polar surface area (TPSA) is 71.3 Å². The minimum atomic E-state index is -4.35. The highest BCUT2D eigenvalue weighted by atomic mass is 79.9. The SMILES string of the molecule is O=S(=O)(Nc1cc(F)c(Br)cc1F)c1cn(CC(F)CO)c2cc(Cl)ccc12. The number of sulfonamides is 1. The van der Waals surface area contributed by atoms with E-state index in [0.29, 0.717) is 16.6 Å². The summed E-state index contributed by atoms with van der Waals surface area (Å²) >= 11 is 8.76. The van der Waals surface area contributed by atoms with Crippen LogP contribution in [0, 0.1) is 11.6 Å². The van der Waals surface area contributed by atoms with Crippen LogP contribution in [0.15, 0.2) is 45.9 Å². The van der Waals surface area contributed by atoms with Crippen LogP contribution in [0.3, 0.4) is 0 Å². The zero-order valence-corrected chi connectivity index (χ0v) is 17.1. The van der Waals surface area contributed by atoms with Gasteiger partial charge in [0.1, 0.15) is 22.7 Å². The first-order chi connectivity index (χ1) is 13.1. The summed E-state index contributed by atoms with van der Waals surface area (Å²) < 4.78 is 70.2. The minimum absolute atomic E-state index is 0.155. The monoisotopic (exact) mass is 496 g/mol. The van der Waals surface area contributed by atoms with E-state index in [9.17, 15) is 21.6 Å². The summed E-state index contributed by atoms with van der Waals surface area (Å²) in [6, 6.07) is 5.82. The third-order valence-electron chi connectivity index (χ3n) is 3.94. The number of halogens is 5. The van der Waals surface area contributed by atoms with Crippen molar-refractivity contribution >= 4 is 54.1 Å². The maximum Gasteiger partial charge on any atom is 0.264 e. The smallest absolute Gasteiger partial charge is 0.264 e. The van der Waals surface area contributed by atoms with Gasteiger partial charge in [-0.2, -0.15) is 0 Å². The molecule has 0 saturated heterocycles. The third kappa shape index (κ3) is 4.14. The van der Waals surface area contributed by atoms with E-state index in [0.717, 1.165) is 12.3 Å².